The minimum absolute atomic E-state index is 0.0865. The van der Waals surface area contributed by atoms with E-state index in [9.17, 15) is 32.6 Å². The molecule has 1 amide bonds. The molecular weight excluding hydrogens is 528 g/mol. The Bertz CT molecular complexity index is 1380. The fourth-order valence-corrected chi connectivity index (χ4v) is 3.89. The fraction of sp³-hybridized carbons (Fsp3) is 0.320. The first kappa shape index (κ1) is 28.0. The molecule has 0 fully saturated rings. The summed E-state index contributed by atoms with van der Waals surface area (Å²) >= 11 is 0. The van der Waals surface area contributed by atoms with E-state index in [1.165, 1.54) is 19.1 Å². The molecule has 2 aromatic heterocycles. The molecule has 0 spiro atoms. The molecular formula is C25H24F4N4O6. The van der Waals surface area contributed by atoms with E-state index in [1.807, 2.05) is 5.32 Å². The number of aromatic hydroxyl groups is 1. The molecule has 1 aromatic carbocycles. The highest BCUT2D eigenvalue weighted by molar-refractivity contribution is 5.96. The SMILES string of the molecule is CC1(N)COc2c1cc(C(O)(CNC(=O)c1cnc(OCCO)cc1O)C(F)(F)F)nc2-c1ccc(F)cc1. The summed E-state index contributed by atoms with van der Waals surface area (Å²) in [5.41, 5.74) is 0.136. The Labute approximate surface area is 219 Å². The van der Waals surface area contributed by atoms with E-state index >= 15 is 0 Å². The van der Waals surface area contributed by atoms with Crippen LogP contribution in [0.25, 0.3) is 11.3 Å². The van der Waals surface area contributed by atoms with E-state index in [2.05, 4.69) is 9.97 Å². The molecule has 3 aromatic rings. The van der Waals surface area contributed by atoms with Crippen LogP contribution in [0.4, 0.5) is 17.6 Å². The third kappa shape index (κ3) is 5.44. The molecule has 6 N–H and O–H groups in total. The van der Waals surface area contributed by atoms with Crippen molar-refractivity contribution in [3.05, 3.63) is 65.2 Å². The van der Waals surface area contributed by atoms with Crippen molar-refractivity contribution in [2.24, 2.45) is 5.73 Å². The number of aliphatic hydroxyl groups excluding tert-OH is 1. The Morgan fingerprint density at radius 2 is 1.95 bits per heavy atom. The normalized spacial score (nSPS) is 18.2. The second-order valence-corrected chi connectivity index (χ2v) is 9.10. The number of halogens is 4. The number of hydrogen-bond donors (Lipinski definition) is 5. The van der Waals surface area contributed by atoms with Gasteiger partial charge < -0.3 is 35.8 Å². The van der Waals surface area contributed by atoms with Crippen molar-refractivity contribution >= 4 is 5.91 Å². The monoisotopic (exact) mass is 552 g/mol. The standard InChI is InChI=1S/C25H24F4N4O6/c1-23(30)12-39-21-16(23)8-18(33-20(21)13-2-4-14(26)5-3-13)24(37,25(27,28)29)11-32-22(36)15-10-31-19(9-17(15)35)38-7-6-34/h2-5,8-10,34,37H,6-7,11-12,30H2,1H3,(H,31,35)(H,32,36). The molecule has 14 heteroatoms. The van der Waals surface area contributed by atoms with Crippen molar-refractivity contribution in [2.75, 3.05) is 26.4 Å². The zero-order valence-electron chi connectivity index (χ0n) is 20.4. The van der Waals surface area contributed by atoms with Crippen LogP contribution in [-0.4, -0.2) is 63.7 Å². The molecule has 3 heterocycles. The highest BCUT2D eigenvalue weighted by atomic mass is 19.4. The zero-order valence-corrected chi connectivity index (χ0v) is 20.4. The molecule has 208 valence electrons. The smallest absolute Gasteiger partial charge is 0.424 e. The lowest BCUT2D eigenvalue weighted by Crippen LogP contribution is -2.51. The van der Waals surface area contributed by atoms with E-state index in [0.29, 0.717) is 0 Å². The number of ether oxygens (including phenoxy) is 2. The third-order valence-electron chi connectivity index (χ3n) is 6.06. The first-order valence-electron chi connectivity index (χ1n) is 11.5. The number of hydrogen-bond acceptors (Lipinski definition) is 9. The van der Waals surface area contributed by atoms with Gasteiger partial charge in [-0.25, -0.2) is 14.4 Å². The van der Waals surface area contributed by atoms with Gasteiger partial charge in [-0.2, -0.15) is 13.2 Å². The van der Waals surface area contributed by atoms with Gasteiger partial charge in [0.05, 0.1) is 29.9 Å². The number of amides is 1. The van der Waals surface area contributed by atoms with Gasteiger partial charge in [-0.05, 0) is 37.3 Å². The summed E-state index contributed by atoms with van der Waals surface area (Å²) in [5, 5.41) is 31.8. The maximum Gasteiger partial charge on any atom is 0.424 e. The minimum atomic E-state index is -5.34. The van der Waals surface area contributed by atoms with Crippen molar-refractivity contribution in [3.8, 4) is 28.6 Å². The number of nitrogens with one attached hydrogen (secondary N) is 1. The van der Waals surface area contributed by atoms with Crippen LogP contribution in [-0.2, 0) is 11.1 Å². The van der Waals surface area contributed by atoms with Gasteiger partial charge in [-0.1, -0.05) is 0 Å². The van der Waals surface area contributed by atoms with Gasteiger partial charge in [0.2, 0.25) is 11.5 Å². The van der Waals surface area contributed by atoms with Gasteiger partial charge in [-0.15, -0.1) is 0 Å². The molecule has 1 aliphatic heterocycles. The minimum Gasteiger partial charge on any atom is -0.507 e. The number of benzene rings is 1. The topological polar surface area (TPSA) is 160 Å². The van der Waals surface area contributed by atoms with Gasteiger partial charge in [0.25, 0.3) is 5.91 Å². The van der Waals surface area contributed by atoms with Crippen LogP contribution in [0.5, 0.6) is 17.4 Å². The molecule has 0 saturated carbocycles. The van der Waals surface area contributed by atoms with Crippen molar-refractivity contribution in [2.45, 2.75) is 24.2 Å². The average Bonchev–Trinajstić information content (AvgIpc) is 3.19. The summed E-state index contributed by atoms with van der Waals surface area (Å²) in [4.78, 5) is 20.4. The van der Waals surface area contributed by atoms with Crippen LogP contribution in [0.15, 0.2) is 42.6 Å². The molecule has 2 unspecified atom stereocenters. The van der Waals surface area contributed by atoms with Gasteiger partial charge in [0, 0.05) is 23.4 Å². The molecule has 1 aliphatic rings. The number of rotatable bonds is 8. The number of carbonyl (C=O) groups excluding carboxylic acids is 1. The van der Waals surface area contributed by atoms with Crippen LogP contribution in [0.2, 0.25) is 0 Å². The van der Waals surface area contributed by atoms with Crippen LogP contribution >= 0.6 is 0 Å². The largest absolute Gasteiger partial charge is 0.507 e. The molecule has 0 radical (unpaired) electrons. The summed E-state index contributed by atoms with van der Waals surface area (Å²) in [6.07, 6.45) is -4.48. The van der Waals surface area contributed by atoms with Crippen molar-refractivity contribution < 1.29 is 47.1 Å². The summed E-state index contributed by atoms with van der Waals surface area (Å²) < 4.78 is 67.2. The van der Waals surface area contributed by atoms with Gasteiger partial charge >= 0.3 is 6.18 Å². The number of carbonyl (C=O) groups is 1. The lowest BCUT2D eigenvalue weighted by molar-refractivity contribution is -0.265. The Balaban J connectivity index is 1.72. The van der Waals surface area contributed by atoms with Crippen LogP contribution < -0.4 is 20.5 Å². The Morgan fingerprint density at radius 1 is 1.26 bits per heavy atom. The predicted molar refractivity (Wildman–Crippen MR) is 127 cm³/mol. The average molecular weight is 552 g/mol. The number of fused-ring (bicyclic) bond motifs is 1. The van der Waals surface area contributed by atoms with E-state index in [0.717, 1.165) is 30.5 Å². The number of pyridine rings is 2. The van der Waals surface area contributed by atoms with Crippen LogP contribution in [0.1, 0.15) is 28.5 Å². The van der Waals surface area contributed by atoms with Crippen molar-refractivity contribution in [1.29, 1.82) is 0 Å². The molecule has 0 bridgehead atoms. The Kier molecular flexibility index (Phi) is 7.38. The Hall–Kier alpha value is -4.01. The van der Waals surface area contributed by atoms with Crippen LogP contribution in [0, 0.1) is 5.82 Å². The summed E-state index contributed by atoms with van der Waals surface area (Å²) in [7, 11) is 0. The van der Waals surface area contributed by atoms with E-state index in [-0.39, 0.29) is 48.3 Å². The van der Waals surface area contributed by atoms with Crippen molar-refractivity contribution in [1.82, 2.24) is 15.3 Å². The number of aliphatic hydroxyl groups is 2. The molecule has 0 aliphatic carbocycles. The predicted octanol–water partition coefficient (Wildman–Crippen LogP) is 2.11. The second-order valence-electron chi connectivity index (χ2n) is 9.10. The molecule has 2 atom stereocenters. The number of alkyl halides is 3. The van der Waals surface area contributed by atoms with E-state index < -0.39 is 52.6 Å². The second kappa shape index (κ2) is 10.3. The zero-order chi connectivity index (χ0) is 28.6. The number of aromatic nitrogens is 2. The highest BCUT2D eigenvalue weighted by Gasteiger charge is 2.57. The van der Waals surface area contributed by atoms with Gasteiger partial charge in [0.15, 0.2) is 5.75 Å². The molecule has 10 nitrogen and oxygen atoms in total. The quantitative estimate of drug-likeness (QED) is 0.264. The molecule has 4 rings (SSSR count). The number of nitrogens with zero attached hydrogens (tertiary/aromatic N) is 2. The van der Waals surface area contributed by atoms with E-state index in [4.69, 9.17) is 20.3 Å². The first-order valence-corrected chi connectivity index (χ1v) is 11.5. The maximum absolute atomic E-state index is 14.4. The fourth-order valence-electron chi connectivity index (χ4n) is 3.89. The van der Waals surface area contributed by atoms with Crippen LogP contribution in [0.3, 0.4) is 0 Å². The summed E-state index contributed by atoms with van der Waals surface area (Å²) in [5.74, 6) is -2.47. The van der Waals surface area contributed by atoms with Crippen molar-refractivity contribution in [3.63, 3.8) is 0 Å². The number of nitrogens with two attached hydrogens (primary N) is 1. The lowest BCUT2D eigenvalue weighted by Gasteiger charge is -2.31. The summed E-state index contributed by atoms with van der Waals surface area (Å²) in [6.45, 7) is -0.441. The lowest BCUT2D eigenvalue weighted by atomic mass is 9.89. The van der Waals surface area contributed by atoms with Gasteiger partial charge in [-0.3, -0.25) is 4.79 Å². The highest BCUT2D eigenvalue weighted by Crippen LogP contribution is 2.46. The summed E-state index contributed by atoms with van der Waals surface area (Å²) in [6, 6.07) is 6.65. The third-order valence-corrected chi connectivity index (χ3v) is 6.06. The molecule has 39 heavy (non-hydrogen) atoms. The Morgan fingerprint density at radius 3 is 2.56 bits per heavy atom. The van der Waals surface area contributed by atoms with Gasteiger partial charge in [0.1, 0.15) is 30.5 Å². The van der Waals surface area contributed by atoms with E-state index in [1.54, 1.807) is 0 Å². The first-order chi connectivity index (χ1) is 18.3. The molecule has 0 saturated heterocycles. The maximum atomic E-state index is 14.4.